The van der Waals surface area contributed by atoms with E-state index in [9.17, 15) is 4.79 Å². The normalized spacial score (nSPS) is 7.85. The number of hydrogen-bond acceptors (Lipinski definition) is 2. The summed E-state index contributed by atoms with van der Waals surface area (Å²) in [7, 11) is 1.38. The highest BCUT2D eigenvalue weighted by molar-refractivity contribution is 5.89. The number of aryl methyl sites for hydroxylation is 1. The van der Waals surface area contributed by atoms with Gasteiger partial charge in [0.05, 0.1) is 12.7 Å². The van der Waals surface area contributed by atoms with Gasteiger partial charge in [-0.1, -0.05) is 32.5 Å². The van der Waals surface area contributed by atoms with E-state index in [0.29, 0.717) is 5.56 Å². The lowest BCUT2D eigenvalue weighted by molar-refractivity contribution is 0.0601. The van der Waals surface area contributed by atoms with Crippen LogP contribution in [0.5, 0.6) is 0 Å². The molecule has 0 bridgehead atoms. The van der Waals surface area contributed by atoms with Crippen LogP contribution < -0.4 is 0 Å². The van der Waals surface area contributed by atoms with Crippen molar-refractivity contribution in [2.24, 2.45) is 0 Å². The highest BCUT2D eigenvalue weighted by Crippen LogP contribution is 2.03. The van der Waals surface area contributed by atoms with Gasteiger partial charge in [0.1, 0.15) is 0 Å². The molecule has 0 N–H and O–H groups in total. The van der Waals surface area contributed by atoms with E-state index in [-0.39, 0.29) is 20.8 Å². The Morgan fingerprint density at radius 1 is 1.15 bits per heavy atom. The van der Waals surface area contributed by atoms with Crippen LogP contribution in [0.4, 0.5) is 0 Å². The molecule has 2 heteroatoms. The molecule has 0 aromatic heterocycles. The molecule has 0 heterocycles. The summed E-state index contributed by atoms with van der Waals surface area (Å²) in [6.07, 6.45) is 0. The number of methoxy groups -OCH3 is 1. The van der Waals surface area contributed by atoms with E-state index >= 15 is 0 Å². The average Bonchev–Trinajstić information content (AvgIpc) is 2.05. The monoisotopic (exact) mass is 182 g/mol. The largest absolute Gasteiger partial charge is 0.465 e. The molecule has 0 aliphatic carbocycles. The zero-order valence-corrected chi connectivity index (χ0v) is 6.63. The molecule has 0 spiro atoms. The molecule has 1 aromatic rings. The molecule has 0 fully saturated rings. The summed E-state index contributed by atoms with van der Waals surface area (Å²) in [5.41, 5.74) is 1.73. The molecule has 0 atom stereocenters. The minimum absolute atomic E-state index is 0. The van der Waals surface area contributed by atoms with Crippen LogP contribution in [0, 0.1) is 6.92 Å². The van der Waals surface area contributed by atoms with Gasteiger partial charge in [-0.2, -0.15) is 0 Å². The van der Waals surface area contributed by atoms with Gasteiger partial charge in [0.25, 0.3) is 0 Å². The predicted octanol–water partition coefficient (Wildman–Crippen LogP) is 3.05. The molecule has 74 valence electrons. The van der Waals surface area contributed by atoms with Crippen LogP contribution in [0.25, 0.3) is 0 Å². The Labute approximate surface area is 80.5 Å². The number of ether oxygens (including phenoxy) is 1. The Morgan fingerprint density at radius 3 is 2.00 bits per heavy atom. The van der Waals surface area contributed by atoms with Crippen LogP contribution in [0.15, 0.2) is 24.3 Å². The summed E-state index contributed by atoms with van der Waals surface area (Å²) in [6, 6.07) is 7.26. The molecule has 2 nitrogen and oxygen atoms in total. The summed E-state index contributed by atoms with van der Waals surface area (Å²) < 4.78 is 4.54. The second-order valence-corrected chi connectivity index (χ2v) is 2.36. The van der Waals surface area contributed by atoms with Crippen molar-refractivity contribution in [2.75, 3.05) is 7.11 Å². The Balaban J connectivity index is 0. The lowest BCUT2D eigenvalue weighted by Gasteiger charge is -1.97. The van der Waals surface area contributed by atoms with Crippen LogP contribution >= 0.6 is 0 Å². The first-order valence-electron chi connectivity index (χ1n) is 3.39. The summed E-state index contributed by atoms with van der Waals surface area (Å²) in [5.74, 6) is -0.287. The van der Waals surface area contributed by atoms with Crippen molar-refractivity contribution in [3.8, 4) is 0 Å². The third-order valence-corrected chi connectivity index (χ3v) is 1.47. The highest BCUT2D eigenvalue weighted by atomic mass is 16.5. The van der Waals surface area contributed by atoms with E-state index in [2.05, 4.69) is 4.74 Å². The van der Waals surface area contributed by atoms with Crippen molar-refractivity contribution in [1.29, 1.82) is 0 Å². The number of esters is 1. The lowest BCUT2D eigenvalue weighted by atomic mass is 10.2. The third-order valence-electron chi connectivity index (χ3n) is 1.47. The van der Waals surface area contributed by atoms with Crippen molar-refractivity contribution in [3.63, 3.8) is 0 Å². The first-order chi connectivity index (χ1) is 5.24. The second-order valence-electron chi connectivity index (χ2n) is 2.36. The fraction of sp³-hybridized carbons (Fsp3) is 0.364. The zero-order chi connectivity index (χ0) is 8.27. The minimum Gasteiger partial charge on any atom is -0.465 e. The molecule has 0 aliphatic heterocycles. The van der Waals surface area contributed by atoms with E-state index in [1.165, 1.54) is 7.11 Å². The predicted molar refractivity (Wildman–Crippen MR) is 56.0 cm³/mol. The topological polar surface area (TPSA) is 26.3 Å². The Bertz CT molecular complexity index is 249. The van der Waals surface area contributed by atoms with E-state index in [1.807, 2.05) is 19.1 Å². The standard InChI is InChI=1S/C9H10O2.2CH4/c1-7-3-5-8(6-4-7)9(10)11-2;;/h3-6H,1-2H3;2*1H4. The van der Waals surface area contributed by atoms with Crippen molar-refractivity contribution in [1.82, 2.24) is 0 Å². The van der Waals surface area contributed by atoms with Crippen LogP contribution in [-0.2, 0) is 4.74 Å². The Morgan fingerprint density at radius 2 is 1.62 bits per heavy atom. The molecular weight excluding hydrogens is 164 g/mol. The van der Waals surface area contributed by atoms with Gasteiger partial charge in [-0.15, -0.1) is 0 Å². The number of rotatable bonds is 1. The van der Waals surface area contributed by atoms with E-state index in [4.69, 9.17) is 0 Å². The second kappa shape index (κ2) is 6.23. The van der Waals surface area contributed by atoms with Gasteiger partial charge >= 0.3 is 5.97 Å². The first kappa shape index (κ1) is 14.2. The van der Waals surface area contributed by atoms with Gasteiger partial charge in [0, 0.05) is 0 Å². The molecule has 0 saturated carbocycles. The average molecular weight is 182 g/mol. The van der Waals surface area contributed by atoms with Crippen LogP contribution in [0.3, 0.4) is 0 Å². The summed E-state index contributed by atoms with van der Waals surface area (Å²) >= 11 is 0. The fourth-order valence-corrected chi connectivity index (χ4v) is 0.807. The quantitative estimate of drug-likeness (QED) is 0.624. The Hall–Kier alpha value is -1.31. The molecule has 1 rings (SSSR count). The van der Waals surface area contributed by atoms with Gasteiger partial charge < -0.3 is 4.74 Å². The highest BCUT2D eigenvalue weighted by Gasteiger charge is 2.01. The number of hydrogen-bond donors (Lipinski definition) is 0. The van der Waals surface area contributed by atoms with E-state index in [1.54, 1.807) is 12.1 Å². The van der Waals surface area contributed by atoms with Gasteiger partial charge in [-0.05, 0) is 19.1 Å². The summed E-state index contributed by atoms with van der Waals surface area (Å²) in [6.45, 7) is 1.97. The number of benzene rings is 1. The molecule has 0 radical (unpaired) electrons. The maximum absolute atomic E-state index is 10.9. The summed E-state index contributed by atoms with van der Waals surface area (Å²) in [5, 5.41) is 0. The molecule has 13 heavy (non-hydrogen) atoms. The fourth-order valence-electron chi connectivity index (χ4n) is 0.807. The first-order valence-corrected chi connectivity index (χ1v) is 3.39. The SMILES string of the molecule is C.C.COC(=O)c1ccc(C)cc1. The van der Waals surface area contributed by atoms with Crippen molar-refractivity contribution in [3.05, 3.63) is 35.4 Å². The zero-order valence-electron chi connectivity index (χ0n) is 6.63. The van der Waals surface area contributed by atoms with Crippen molar-refractivity contribution in [2.45, 2.75) is 21.8 Å². The van der Waals surface area contributed by atoms with Crippen LogP contribution in [0.1, 0.15) is 30.8 Å². The van der Waals surface area contributed by atoms with Gasteiger partial charge in [0.2, 0.25) is 0 Å². The van der Waals surface area contributed by atoms with Gasteiger partial charge in [-0.25, -0.2) is 4.79 Å². The molecule has 0 amide bonds. The number of carbonyl (C=O) groups is 1. The molecule has 0 saturated heterocycles. The molecule has 0 unspecified atom stereocenters. The molecule has 1 aromatic carbocycles. The maximum Gasteiger partial charge on any atom is 0.337 e. The minimum atomic E-state index is -0.287. The Kier molecular flexibility index (Phi) is 6.82. The third kappa shape index (κ3) is 3.74. The lowest BCUT2D eigenvalue weighted by Crippen LogP contribution is -2.00. The smallest absolute Gasteiger partial charge is 0.337 e. The van der Waals surface area contributed by atoms with Crippen molar-refractivity contribution < 1.29 is 9.53 Å². The molecule has 0 aliphatic rings. The van der Waals surface area contributed by atoms with Crippen LogP contribution in [-0.4, -0.2) is 13.1 Å². The van der Waals surface area contributed by atoms with Gasteiger partial charge in [-0.3, -0.25) is 0 Å². The van der Waals surface area contributed by atoms with Gasteiger partial charge in [0.15, 0.2) is 0 Å². The van der Waals surface area contributed by atoms with E-state index in [0.717, 1.165) is 5.56 Å². The van der Waals surface area contributed by atoms with Crippen LogP contribution in [0.2, 0.25) is 0 Å². The summed E-state index contributed by atoms with van der Waals surface area (Å²) in [4.78, 5) is 10.9. The molecular formula is C11H18O2. The maximum atomic E-state index is 10.9. The number of carbonyl (C=O) groups excluding carboxylic acids is 1. The van der Waals surface area contributed by atoms with E-state index < -0.39 is 0 Å². The van der Waals surface area contributed by atoms with Crippen molar-refractivity contribution >= 4 is 5.97 Å².